The average molecular weight is 414 g/mol. The van der Waals surface area contributed by atoms with E-state index in [0.717, 1.165) is 0 Å². The SMILES string of the molecule is CC(O)c1cccc2nc3c(C(=O)O[C@@H]4[C@@H](O)[C@H](O)[C@@H](C)O[C@@H]4O)cccc3nc12. The largest absolute Gasteiger partial charge is 0.450 e. The molecule has 1 fully saturated rings. The molecule has 2 heterocycles. The molecule has 6 atom stereocenters. The number of fused-ring (bicyclic) bond motifs is 2. The maximum atomic E-state index is 12.8. The van der Waals surface area contributed by atoms with Crippen LogP contribution in [-0.2, 0) is 9.47 Å². The summed E-state index contributed by atoms with van der Waals surface area (Å²) in [6.45, 7) is 3.12. The lowest BCUT2D eigenvalue weighted by Gasteiger charge is -2.38. The van der Waals surface area contributed by atoms with Crippen LogP contribution < -0.4 is 0 Å². The molecule has 0 bridgehead atoms. The first-order valence-electron chi connectivity index (χ1n) is 9.56. The third-order valence-electron chi connectivity index (χ3n) is 5.24. The molecule has 0 aliphatic carbocycles. The third kappa shape index (κ3) is 3.51. The number of aliphatic hydroxyl groups is 4. The Hall–Kier alpha value is -2.69. The summed E-state index contributed by atoms with van der Waals surface area (Å²) in [6, 6.07) is 9.98. The Labute approximate surface area is 171 Å². The highest BCUT2D eigenvalue weighted by Crippen LogP contribution is 2.27. The highest BCUT2D eigenvalue weighted by molar-refractivity contribution is 6.03. The normalized spacial score (nSPS) is 27.9. The Kier molecular flexibility index (Phi) is 5.39. The molecule has 1 aromatic heterocycles. The van der Waals surface area contributed by atoms with Gasteiger partial charge in [-0.05, 0) is 32.0 Å². The first-order valence-corrected chi connectivity index (χ1v) is 9.56. The predicted molar refractivity (Wildman–Crippen MR) is 105 cm³/mol. The second-order valence-electron chi connectivity index (χ2n) is 7.37. The van der Waals surface area contributed by atoms with Crippen molar-refractivity contribution in [2.24, 2.45) is 0 Å². The number of esters is 1. The van der Waals surface area contributed by atoms with Gasteiger partial charge in [0.2, 0.25) is 0 Å². The van der Waals surface area contributed by atoms with E-state index >= 15 is 0 Å². The number of carbonyl (C=O) groups excluding carboxylic acids is 1. The lowest BCUT2D eigenvalue weighted by Crippen LogP contribution is -2.58. The zero-order valence-corrected chi connectivity index (χ0v) is 16.3. The molecular formula is C21H22N2O7. The van der Waals surface area contributed by atoms with Gasteiger partial charge in [-0.1, -0.05) is 18.2 Å². The number of hydrogen-bond donors (Lipinski definition) is 4. The zero-order chi connectivity index (χ0) is 21.6. The second kappa shape index (κ2) is 7.86. The van der Waals surface area contributed by atoms with Crippen molar-refractivity contribution in [3.05, 3.63) is 47.5 Å². The molecular weight excluding hydrogens is 392 g/mol. The number of rotatable bonds is 3. The molecule has 4 N–H and O–H groups in total. The summed E-state index contributed by atoms with van der Waals surface area (Å²) >= 11 is 0. The minimum Gasteiger partial charge on any atom is -0.450 e. The Morgan fingerprint density at radius 1 is 1.03 bits per heavy atom. The topological polar surface area (TPSA) is 142 Å². The molecule has 9 nitrogen and oxygen atoms in total. The molecule has 1 unspecified atom stereocenters. The van der Waals surface area contributed by atoms with Crippen LogP contribution in [0.5, 0.6) is 0 Å². The fourth-order valence-electron chi connectivity index (χ4n) is 3.58. The molecule has 30 heavy (non-hydrogen) atoms. The number of hydrogen-bond acceptors (Lipinski definition) is 9. The minimum atomic E-state index is -1.59. The molecule has 4 rings (SSSR count). The van der Waals surface area contributed by atoms with Crippen LogP contribution in [0.2, 0.25) is 0 Å². The Bertz CT molecular complexity index is 1100. The van der Waals surface area contributed by atoms with E-state index in [1.54, 1.807) is 37.3 Å². The maximum absolute atomic E-state index is 12.8. The van der Waals surface area contributed by atoms with Crippen LogP contribution in [0, 0.1) is 0 Å². The van der Waals surface area contributed by atoms with Gasteiger partial charge in [0.15, 0.2) is 12.4 Å². The van der Waals surface area contributed by atoms with Crippen molar-refractivity contribution in [3.8, 4) is 0 Å². The van der Waals surface area contributed by atoms with E-state index in [1.165, 1.54) is 13.0 Å². The first-order chi connectivity index (χ1) is 14.3. The van der Waals surface area contributed by atoms with Crippen molar-refractivity contribution in [2.75, 3.05) is 0 Å². The average Bonchev–Trinajstić information content (AvgIpc) is 2.72. The second-order valence-corrected chi connectivity index (χ2v) is 7.37. The van der Waals surface area contributed by atoms with E-state index < -0.39 is 42.8 Å². The fraction of sp³-hybridized carbons (Fsp3) is 0.381. The van der Waals surface area contributed by atoms with Crippen LogP contribution in [0.1, 0.15) is 35.9 Å². The zero-order valence-electron chi connectivity index (χ0n) is 16.3. The molecule has 158 valence electrons. The summed E-state index contributed by atoms with van der Waals surface area (Å²) < 4.78 is 10.4. The first kappa shape index (κ1) is 20.6. The van der Waals surface area contributed by atoms with Crippen molar-refractivity contribution >= 4 is 28.0 Å². The lowest BCUT2D eigenvalue weighted by molar-refractivity contribution is -0.276. The quantitative estimate of drug-likeness (QED) is 0.362. The van der Waals surface area contributed by atoms with Crippen LogP contribution in [0.4, 0.5) is 0 Å². The van der Waals surface area contributed by atoms with Gasteiger partial charge in [-0.2, -0.15) is 0 Å². The Morgan fingerprint density at radius 3 is 2.37 bits per heavy atom. The van der Waals surface area contributed by atoms with E-state index in [4.69, 9.17) is 9.47 Å². The molecule has 9 heteroatoms. The van der Waals surface area contributed by atoms with Gasteiger partial charge < -0.3 is 29.9 Å². The number of aromatic nitrogens is 2. The molecule has 0 radical (unpaired) electrons. The van der Waals surface area contributed by atoms with Crippen molar-refractivity contribution in [1.82, 2.24) is 9.97 Å². The molecule has 0 saturated carbocycles. The van der Waals surface area contributed by atoms with E-state index in [1.807, 2.05) is 0 Å². The van der Waals surface area contributed by atoms with Gasteiger partial charge in [0, 0.05) is 5.56 Å². The summed E-state index contributed by atoms with van der Waals surface area (Å²) in [6.07, 6.45) is -7.43. The van der Waals surface area contributed by atoms with Crippen LogP contribution in [0.3, 0.4) is 0 Å². The highest BCUT2D eigenvalue weighted by Gasteiger charge is 2.44. The van der Waals surface area contributed by atoms with Crippen LogP contribution in [-0.4, -0.2) is 67.1 Å². The van der Waals surface area contributed by atoms with Crippen LogP contribution in [0.15, 0.2) is 36.4 Å². The van der Waals surface area contributed by atoms with Gasteiger partial charge >= 0.3 is 5.97 Å². The number of carbonyl (C=O) groups is 1. The standard InChI is InChI=1S/C21H22N2O7/c1-9(24)11-5-3-7-13-15(11)22-14-8-4-6-12(16(14)23-13)20(27)30-19-18(26)17(25)10(2)29-21(19)28/h3-10,17-19,21,24-26,28H,1-2H3/t9?,10-,17-,18+,19-,21+/m1/s1. The molecule has 0 spiro atoms. The fourth-order valence-corrected chi connectivity index (χ4v) is 3.58. The van der Waals surface area contributed by atoms with Gasteiger partial charge in [-0.15, -0.1) is 0 Å². The lowest BCUT2D eigenvalue weighted by atomic mass is 10.00. The number of aliphatic hydroxyl groups excluding tert-OH is 4. The Balaban J connectivity index is 1.73. The van der Waals surface area contributed by atoms with Crippen LogP contribution >= 0.6 is 0 Å². The third-order valence-corrected chi connectivity index (χ3v) is 5.24. The summed E-state index contributed by atoms with van der Waals surface area (Å²) in [5.41, 5.74) is 2.40. The van der Waals surface area contributed by atoms with Gasteiger partial charge in [0.05, 0.1) is 34.3 Å². The van der Waals surface area contributed by atoms with Gasteiger partial charge in [0.25, 0.3) is 0 Å². The molecule has 1 aliphatic heterocycles. The van der Waals surface area contributed by atoms with Crippen molar-refractivity contribution in [1.29, 1.82) is 0 Å². The number of para-hydroxylation sites is 2. The van der Waals surface area contributed by atoms with Gasteiger partial charge in [-0.3, -0.25) is 0 Å². The molecule has 0 amide bonds. The van der Waals surface area contributed by atoms with E-state index in [0.29, 0.717) is 22.1 Å². The van der Waals surface area contributed by atoms with Gasteiger partial charge in [-0.25, -0.2) is 14.8 Å². The number of benzene rings is 2. The summed E-state index contributed by atoms with van der Waals surface area (Å²) in [7, 11) is 0. The van der Waals surface area contributed by atoms with Crippen LogP contribution in [0.25, 0.3) is 22.1 Å². The van der Waals surface area contributed by atoms with Gasteiger partial charge in [0.1, 0.15) is 17.7 Å². The van der Waals surface area contributed by atoms with E-state index in [9.17, 15) is 25.2 Å². The highest BCUT2D eigenvalue weighted by atomic mass is 16.7. The molecule has 1 saturated heterocycles. The Morgan fingerprint density at radius 2 is 1.67 bits per heavy atom. The number of ether oxygens (including phenoxy) is 2. The maximum Gasteiger partial charge on any atom is 0.340 e. The predicted octanol–water partition coefficient (Wildman–Crippen LogP) is 0.821. The molecule has 2 aromatic carbocycles. The molecule has 1 aliphatic rings. The van der Waals surface area contributed by atoms with E-state index in [-0.39, 0.29) is 11.1 Å². The number of nitrogens with zero attached hydrogens (tertiary/aromatic N) is 2. The molecule has 3 aromatic rings. The van der Waals surface area contributed by atoms with Crippen molar-refractivity contribution < 1.29 is 34.7 Å². The van der Waals surface area contributed by atoms with E-state index in [2.05, 4.69) is 9.97 Å². The van der Waals surface area contributed by atoms with Crippen molar-refractivity contribution in [3.63, 3.8) is 0 Å². The smallest absolute Gasteiger partial charge is 0.340 e. The summed E-state index contributed by atoms with van der Waals surface area (Å²) in [5.74, 6) is -0.852. The minimum absolute atomic E-state index is 0.0804. The summed E-state index contributed by atoms with van der Waals surface area (Å²) in [5, 5.41) is 40.2. The monoisotopic (exact) mass is 414 g/mol. The summed E-state index contributed by atoms with van der Waals surface area (Å²) in [4.78, 5) is 21.9. The van der Waals surface area contributed by atoms with Crippen molar-refractivity contribution in [2.45, 2.75) is 50.7 Å².